The fraction of sp³-hybridized carbons (Fsp3) is 0.0588. The summed E-state index contributed by atoms with van der Waals surface area (Å²) in [5.41, 5.74) is -38.6. The lowest BCUT2D eigenvalue weighted by Crippen LogP contribution is -2.61. The minimum absolute atomic E-state index is 2.79. The molecule has 0 bridgehead atoms. The van der Waals surface area contributed by atoms with Crippen LogP contribution in [0.1, 0.15) is 22.3 Å². The molecule has 0 amide bonds. The standard InChI is InChI=1S/C34BF25/c36-11-1-2-8(19(44)29(54)23(48)12(2)37)34(59,60)6(1)10(21(46)22(11)47)35(33(58)7-5(17(42)32(33)57)16(41)27(52)28(53)18(7)43)9-3(13(38)24(49)30(55)20(9)45)4-14(39)25(50)31(56)26(51)15(4)40. The monoisotopic (exact) mass is 894 g/mol. The molecule has 0 saturated heterocycles. The number of benzene rings is 5. The summed E-state index contributed by atoms with van der Waals surface area (Å²) >= 11 is 0. The highest BCUT2D eigenvalue weighted by Crippen LogP contribution is 2.58. The van der Waals surface area contributed by atoms with Crippen LogP contribution in [0, 0.1) is 116 Å². The van der Waals surface area contributed by atoms with Crippen LogP contribution in [0.5, 0.6) is 0 Å². The third-order valence-electron chi connectivity index (χ3n) is 9.61. The number of halogens is 25. The summed E-state index contributed by atoms with van der Waals surface area (Å²) in [5.74, 6) is -83.1. The molecule has 2 aliphatic carbocycles. The number of fused-ring (bicyclic) bond motifs is 4. The van der Waals surface area contributed by atoms with Gasteiger partial charge in [-0.05, 0) is 10.9 Å². The average molecular weight is 894 g/mol. The molecule has 0 nitrogen and oxygen atoms in total. The summed E-state index contributed by atoms with van der Waals surface area (Å²) in [6.45, 7) is -5.33. The Hall–Kier alpha value is -5.85. The molecule has 0 fully saturated rings. The van der Waals surface area contributed by atoms with Crippen LogP contribution in [-0.4, -0.2) is 6.71 Å². The smallest absolute Gasteiger partial charge is 0.239 e. The van der Waals surface area contributed by atoms with Crippen LogP contribution in [0.25, 0.3) is 28.1 Å². The zero-order valence-corrected chi connectivity index (χ0v) is 27.0. The molecule has 0 heterocycles. The van der Waals surface area contributed by atoms with Gasteiger partial charge in [0.25, 0.3) is 6.71 Å². The van der Waals surface area contributed by atoms with Crippen LogP contribution in [0.2, 0.25) is 0 Å². The number of hydrogen-bond acceptors (Lipinski definition) is 0. The fourth-order valence-corrected chi connectivity index (χ4v) is 7.16. The SMILES string of the molecule is FC1=C(F)C(F)(B(c2c(F)c(F)c(F)c(F)c2-c2c(F)c(F)c(F)c(F)c2F)c2c(F)c(F)c(F)c3c2C(F)(F)c2c(F)c(F)c(F)c(F)c2-3)c2c(F)c(F)c(F)c(F)c21. The minimum atomic E-state index is -6.30. The highest BCUT2D eigenvalue weighted by atomic mass is 19.3. The van der Waals surface area contributed by atoms with Gasteiger partial charge in [-0.2, -0.15) is 8.78 Å². The maximum Gasteiger partial charge on any atom is 0.302 e. The van der Waals surface area contributed by atoms with Gasteiger partial charge < -0.3 is 0 Å². The van der Waals surface area contributed by atoms with Crippen molar-refractivity contribution in [1.82, 2.24) is 0 Å². The van der Waals surface area contributed by atoms with E-state index in [1.165, 1.54) is 0 Å². The number of alkyl halides is 3. The average Bonchev–Trinajstić information content (AvgIpc) is 3.57. The summed E-state index contributed by atoms with van der Waals surface area (Å²) in [4.78, 5) is 0. The molecule has 7 rings (SSSR count). The molecule has 0 aliphatic heterocycles. The number of rotatable bonds is 4. The van der Waals surface area contributed by atoms with Crippen molar-refractivity contribution in [1.29, 1.82) is 0 Å². The second-order valence-corrected chi connectivity index (χ2v) is 12.5. The van der Waals surface area contributed by atoms with Gasteiger partial charge in [0.15, 0.2) is 128 Å². The van der Waals surface area contributed by atoms with E-state index in [-0.39, 0.29) is 0 Å². The van der Waals surface area contributed by atoms with E-state index >= 15 is 70.2 Å². The molecule has 26 heteroatoms. The Balaban J connectivity index is 1.85. The Kier molecular flexibility index (Phi) is 9.22. The number of allylic oxidation sites excluding steroid dienone is 1. The normalized spacial score (nSPS) is 16.6. The predicted octanol–water partition coefficient (Wildman–Crippen LogP) is 10.9. The third kappa shape index (κ3) is 4.83. The van der Waals surface area contributed by atoms with Crippen molar-refractivity contribution in [2.45, 2.75) is 11.5 Å². The second-order valence-electron chi connectivity index (χ2n) is 12.5. The van der Waals surface area contributed by atoms with Crippen molar-refractivity contribution < 1.29 is 110 Å². The van der Waals surface area contributed by atoms with E-state index in [2.05, 4.69) is 0 Å². The van der Waals surface area contributed by atoms with E-state index in [9.17, 15) is 39.5 Å². The lowest BCUT2D eigenvalue weighted by molar-refractivity contribution is 0.0434. The molecule has 0 spiro atoms. The Labute approximate surface area is 311 Å². The maximum absolute atomic E-state index is 18.0. The largest absolute Gasteiger partial charge is 0.302 e. The first kappa shape index (κ1) is 42.3. The third-order valence-corrected chi connectivity index (χ3v) is 9.61. The molecule has 1 atom stereocenters. The molecular weight excluding hydrogens is 894 g/mol. The molecule has 5 aromatic rings. The highest BCUT2D eigenvalue weighted by Gasteiger charge is 2.65. The van der Waals surface area contributed by atoms with Crippen LogP contribution in [0.15, 0.2) is 5.83 Å². The summed E-state index contributed by atoms with van der Waals surface area (Å²) in [6, 6.07) is 0. The van der Waals surface area contributed by atoms with Crippen LogP contribution in [0.3, 0.4) is 0 Å². The van der Waals surface area contributed by atoms with Crippen molar-refractivity contribution in [3.63, 3.8) is 0 Å². The second kappa shape index (κ2) is 13.1. The Morgan fingerprint density at radius 2 is 0.550 bits per heavy atom. The zero-order chi connectivity index (χ0) is 45.1. The lowest BCUT2D eigenvalue weighted by atomic mass is 9.29. The van der Waals surface area contributed by atoms with Crippen LogP contribution in [-0.2, 0) is 11.5 Å². The van der Waals surface area contributed by atoms with Crippen molar-refractivity contribution in [3.8, 4) is 22.3 Å². The molecule has 5 aromatic carbocycles. The van der Waals surface area contributed by atoms with Gasteiger partial charge in [0.05, 0.1) is 16.7 Å². The quantitative estimate of drug-likeness (QED) is 0.0730. The molecule has 1 unspecified atom stereocenters. The van der Waals surface area contributed by atoms with E-state index in [0.29, 0.717) is 0 Å². The van der Waals surface area contributed by atoms with Crippen LogP contribution < -0.4 is 10.9 Å². The fourth-order valence-electron chi connectivity index (χ4n) is 7.16. The molecule has 0 N–H and O–H groups in total. The van der Waals surface area contributed by atoms with Crippen LogP contribution >= 0.6 is 0 Å². The van der Waals surface area contributed by atoms with Gasteiger partial charge in [0.1, 0.15) is 0 Å². The minimum Gasteiger partial charge on any atom is -0.239 e. The number of hydrogen-bond donors (Lipinski definition) is 0. The lowest BCUT2D eigenvalue weighted by Gasteiger charge is -2.33. The van der Waals surface area contributed by atoms with Gasteiger partial charge in [-0.15, -0.1) is 0 Å². The first-order chi connectivity index (χ1) is 27.6. The van der Waals surface area contributed by atoms with Crippen molar-refractivity contribution in [2.24, 2.45) is 0 Å². The molecular formula is C34BF25. The van der Waals surface area contributed by atoms with Gasteiger partial charge in [-0.3, -0.25) is 0 Å². The first-order valence-corrected chi connectivity index (χ1v) is 15.1. The highest BCUT2D eigenvalue weighted by molar-refractivity contribution is 6.89. The van der Waals surface area contributed by atoms with Gasteiger partial charge in [-0.25, -0.2) is 101 Å². The van der Waals surface area contributed by atoms with Gasteiger partial charge in [0, 0.05) is 27.8 Å². The zero-order valence-electron chi connectivity index (χ0n) is 27.0. The summed E-state index contributed by atoms with van der Waals surface area (Å²) in [7, 11) is 0. The van der Waals surface area contributed by atoms with E-state index in [0.717, 1.165) is 0 Å². The Morgan fingerprint density at radius 1 is 0.250 bits per heavy atom. The van der Waals surface area contributed by atoms with Crippen molar-refractivity contribution in [3.05, 3.63) is 144 Å². The van der Waals surface area contributed by atoms with Crippen LogP contribution in [0.4, 0.5) is 110 Å². The van der Waals surface area contributed by atoms with E-state index in [1.807, 2.05) is 0 Å². The summed E-state index contributed by atoms with van der Waals surface area (Å²) in [5, 5.41) is 0. The Bertz CT molecular complexity index is 2870. The van der Waals surface area contributed by atoms with Crippen molar-refractivity contribution in [2.75, 3.05) is 0 Å². The van der Waals surface area contributed by atoms with E-state index in [4.69, 9.17) is 0 Å². The molecule has 60 heavy (non-hydrogen) atoms. The predicted molar refractivity (Wildman–Crippen MR) is 149 cm³/mol. The molecule has 2 aliphatic rings. The van der Waals surface area contributed by atoms with Gasteiger partial charge in [0.2, 0.25) is 5.82 Å². The maximum atomic E-state index is 18.0. The van der Waals surface area contributed by atoms with Crippen molar-refractivity contribution >= 4 is 23.5 Å². The Morgan fingerprint density at radius 3 is 1.02 bits per heavy atom. The molecule has 0 saturated carbocycles. The summed E-state index contributed by atoms with van der Waals surface area (Å²) < 4.78 is 384. The van der Waals surface area contributed by atoms with E-state index < -0.39 is 202 Å². The topological polar surface area (TPSA) is 0 Å². The molecule has 0 radical (unpaired) electrons. The molecule has 0 aromatic heterocycles. The van der Waals surface area contributed by atoms with Gasteiger partial charge >= 0.3 is 5.92 Å². The van der Waals surface area contributed by atoms with Gasteiger partial charge in [-0.1, -0.05) is 0 Å². The summed E-state index contributed by atoms with van der Waals surface area (Å²) in [6.07, 6.45) is 0. The molecule has 314 valence electrons. The first-order valence-electron chi connectivity index (χ1n) is 15.1. The van der Waals surface area contributed by atoms with E-state index in [1.54, 1.807) is 0 Å².